The average Bonchev–Trinajstić information content (AvgIpc) is 2.35. The van der Waals surface area contributed by atoms with Gasteiger partial charge in [-0.2, -0.15) is 0 Å². The Kier molecular flexibility index (Phi) is 3.76. The smallest absolute Gasteiger partial charge is 0.165 e. The Morgan fingerprint density at radius 1 is 1.06 bits per heavy atom. The third-order valence-electron chi connectivity index (χ3n) is 2.51. The number of ether oxygens (including phenoxy) is 1. The summed E-state index contributed by atoms with van der Waals surface area (Å²) in [5.74, 6) is 0.621. The Bertz CT molecular complexity index is 480. The molecule has 0 saturated carbocycles. The van der Waals surface area contributed by atoms with Crippen molar-refractivity contribution in [2.24, 2.45) is 0 Å². The van der Waals surface area contributed by atoms with E-state index in [1.54, 1.807) is 12.1 Å². The Hall–Kier alpha value is -1.83. The van der Waals surface area contributed by atoms with Crippen LogP contribution < -0.4 is 4.74 Å². The number of aryl methyl sites for hydroxylation is 1. The molecule has 0 unspecified atom stereocenters. The summed E-state index contributed by atoms with van der Waals surface area (Å²) in [6.45, 7) is 2.10. The monoisotopic (exact) mass is 230 g/mol. The molecule has 17 heavy (non-hydrogen) atoms. The first-order valence-corrected chi connectivity index (χ1v) is 5.81. The molecule has 0 aliphatic rings. The number of hydrogen-bond donors (Lipinski definition) is 0. The standard InChI is InChI=1S/C15H15FO/c1-2-6-12-9-10-14(16)15(11-12)17-13-7-4-3-5-8-13/h3-5,7-11H,2,6H2,1H3. The van der Waals surface area contributed by atoms with Crippen molar-refractivity contribution in [1.82, 2.24) is 0 Å². The molecule has 0 amide bonds. The highest BCUT2D eigenvalue weighted by molar-refractivity contribution is 5.35. The fraction of sp³-hybridized carbons (Fsp3) is 0.200. The molecule has 1 nitrogen and oxygen atoms in total. The fourth-order valence-electron chi connectivity index (χ4n) is 1.69. The predicted octanol–water partition coefficient (Wildman–Crippen LogP) is 4.57. The molecule has 0 spiro atoms. The topological polar surface area (TPSA) is 9.23 Å². The quantitative estimate of drug-likeness (QED) is 0.747. The van der Waals surface area contributed by atoms with Crippen molar-refractivity contribution in [2.45, 2.75) is 19.8 Å². The summed E-state index contributed by atoms with van der Waals surface area (Å²) in [7, 11) is 0. The minimum atomic E-state index is -0.325. The molecule has 0 N–H and O–H groups in total. The van der Waals surface area contributed by atoms with Gasteiger partial charge in [0.15, 0.2) is 11.6 Å². The highest BCUT2D eigenvalue weighted by Crippen LogP contribution is 2.25. The van der Waals surface area contributed by atoms with Crippen LogP contribution in [0.25, 0.3) is 0 Å². The lowest BCUT2D eigenvalue weighted by Gasteiger charge is -2.08. The summed E-state index contributed by atoms with van der Waals surface area (Å²) in [5.41, 5.74) is 1.10. The van der Waals surface area contributed by atoms with E-state index in [4.69, 9.17) is 4.74 Å². The molecule has 88 valence electrons. The van der Waals surface area contributed by atoms with Gasteiger partial charge in [-0.3, -0.25) is 0 Å². The summed E-state index contributed by atoms with van der Waals surface area (Å²) >= 11 is 0. The van der Waals surface area contributed by atoms with Crippen LogP contribution in [0.4, 0.5) is 4.39 Å². The molecule has 2 aromatic rings. The summed E-state index contributed by atoms with van der Waals surface area (Å²) < 4.78 is 19.1. The Balaban J connectivity index is 2.22. The number of hydrogen-bond acceptors (Lipinski definition) is 1. The van der Waals surface area contributed by atoms with Crippen molar-refractivity contribution in [3.05, 3.63) is 59.9 Å². The van der Waals surface area contributed by atoms with Gasteiger partial charge in [0, 0.05) is 0 Å². The minimum absolute atomic E-state index is 0.294. The second-order valence-corrected chi connectivity index (χ2v) is 3.93. The molecular formula is C15H15FO. The number of halogens is 1. The zero-order valence-corrected chi connectivity index (χ0v) is 9.82. The van der Waals surface area contributed by atoms with Crippen LogP contribution in [0.1, 0.15) is 18.9 Å². The average molecular weight is 230 g/mol. The van der Waals surface area contributed by atoms with E-state index in [0.29, 0.717) is 11.5 Å². The molecule has 0 radical (unpaired) electrons. The van der Waals surface area contributed by atoms with Gasteiger partial charge >= 0.3 is 0 Å². The van der Waals surface area contributed by atoms with Gasteiger partial charge in [-0.05, 0) is 36.2 Å². The van der Waals surface area contributed by atoms with Gasteiger partial charge in [0.05, 0.1) is 0 Å². The fourth-order valence-corrected chi connectivity index (χ4v) is 1.69. The second-order valence-electron chi connectivity index (χ2n) is 3.93. The van der Waals surface area contributed by atoms with Gasteiger partial charge in [-0.1, -0.05) is 37.6 Å². The molecule has 0 saturated heterocycles. The van der Waals surface area contributed by atoms with E-state index >= 15 is 0 Å². The molecule has 2 aromatic carbocycles. The van der Waals surface area contributed by atoms with E-state index in [1.165, 1.54) is 6.07 Å². The lowest BCUT2D eigenvalue weighted by molar-refractivity contribution is 0.441. The molecule has 0 aliphatic carbocycles. The molecule has 0 bridgehead atoms. The van der Waals surface area contributed by atoms with E-state index < -0.39 is 0 Å². The summed E-state index contributed by atoms with van der Waals surface area (Å²) in [4.78, 5) is 0. The highest BCUT2D eigenvalue weighted by Gasteiger charge is 2.05. The van der Waals surface area contributed by atoms with Gasteiger partial charge in [0.25, 0.3) is 0 Å². The van der Waals surface area contributed by atoms with Crippen LogP contribution in [0.2, 0.25) is 0 Å². The van der Waals surface area contributed by atoms with Crippen LogP contribution in [-0.2, 0) is 6.42 Å². The summed E-state index contributed by atoms with van der Waals surface area (Å²) in [6.07, 6.45) is 1.97. The van der Waals surface area contributed by atoms with E-state index in [2.05, 4.69) is 6.92 Å². The van der Waals surface area contributed by atoms with Crippen molar-refractivity contribution in [1.29, 1.82) is 0 Å². The second kappa shape index (κ2) is 5.48. The third-order valence-corrected chi connectivity index (χ3v) is 2.51. The van der Waals surface area contributed by atoms with Crippen LogP contribution in [0.3, 0.4) is 0 Å². The van der Waals surface area contributed by atoms with Crippen molar-refractivity contribution in [3.63, 3.8) is 0 Å². The van der Waals surface area contributed by atoms with E-state index in [9.17, 15) is 4.39 Å². The van der Waals surface area contributed by atoms with Crippen molar-refractivity contribution in [3.8, 4) is 11.5 Å². The van der Waals surface area contributed by atoms with Crippen LogP contribution in [-0.4, -0.2) is 0 Å². The maximum atomic E-state index is 13.6. The lowest BCUT2D eigenvalue weighted by atomic mass is 10.1. The normalized spacial score (nSPS) is 10.2. The Morgan fingerprint density at radius 2 is 1.82 bits per heavy atom. The van der Waals surface area contributed by atoms with Crippen molar-refractivity contribution < 1.29 is 9.13 Å². The van der Waals surface area contributed by atoms with Gasteiger partial charge < -0.3 is 4.74 Å². The summed E-state index contributed by atoms with van der Waals surface area (Å²) in [5, 5.41) is 0. The van der Waals surface area contributed by atoms with Crippen LogP contribution in [0.5, 0.6) is 11.5 Å². The SMILES string of the molecule is CCCc1ccc(F)c(Oc2ccccc2)c1. The molecule has 0 heterocycles. The predicted molar refractivity (Wildman–Crippen MR) is 66.9 cm³/mol. The minimum Gasteiger partial charge on any atom is -0.454 e. The molecule has 2 rings (SSSR count). The van der Waals surface area contributed by atoms with E-state index in [0.717, 1.165) is 18.4 Å². The summed E-state index contributed by atoms with van der Waals surface area (Å²) in [6, 6.07) is 14.3. The van der Waals surface area contributed by atoms with Gasteiger partial charge in [-0.25, -0.2) is 4.39 Å². The van der Waals surface area contributed by atoms with Crippen LogP contribution in [0, 0.1) is 5.82 Å². The van der Waals surface area contributed by atoms with Crippen LogP contribution >= 0.6 is 0 Å². The number of benzene rings is 2. The van der Waals surface area contributed by atoms with Crippen molar-refractivity contribution in [2.75, 3.05) is 0 Å². The molecule has 0 aromatic heterocycles. The Morgan fingerprint density at radius 3 is 2.53 bits per heavy atom. The van der Waals surface area contributed by atoms with Crippen molar-refractivity contribution >= 4 is 0 Å². The number of para-hydroxylation sites is 1. The molecule has 0 aliphatic heterocycles. The van der Waals surface area contributed by atoms with E-state index in [-0.39, 0.29) is 5.82 Å². The van der Waals surface area contributed by atoms with Gasteiger partial charge in [0.2, 0.25) is 0 Å². The maximum absolute atomic E-state index is 13.6. The first kappa shape index (κ1) is 11.6. The molecule has 0 fully saturated rings. The van der Waals surface area contributed by atoms with E-state index in [1.807, 2.05) is 30.3 Å². The molecule has 0 atom stereocenters. The van der Waals surface area contributed by atoms with Crippen LogP contribution in [0.15, 0.2) is 48.5 Å². The van der Waals surface area contributed by atoms with Gasteiger partial charge in [-0.15, -0.1) is 0 Å². The highest BCUT2D eigenvalue weighted by atomic mass is 19.1. The maximum Gasteiger partial charge on any atom is 0.165 e. The Labute approximate surface area is 101 Å². The zero-order chi connectivity index (χ0) is 12.1. The first-order chi connectivity index (χ1) is 8.29. The number of rotatable bonds is 4. The zero-order valence-electron chi connectivity index (χ0n) is 9.82. The lowest BCUT2D eigenvalue weighted by Crippen LogP contribution is -1.91. The first-order valence-electron chi connectivity index (χ1n) is 5.81. The molecule has 2 heteroatoms. The largest absolute Gasteiger partial charge is 0.454 e. The third kappa shape index (κ3) is 3.06. The van der Waals surface area contributed by atoms with Gasteiger partial charge in [0.1, 0.15) is 5.75 Å². The molecular weight excluding hydrogens is 215 g/mol.